The summed E-state index contributed by atoms with van der Waals surface area (Å²) in [5.41, 5.74) is 1.91. The number of carbonyl (C=O) groups excluding carboxylic acids is 2. The average molecular weight is 485 g/mol. The Morgan fingerprint density at radius 1 is 1.14 bits per heavy atom. The number of rotatable bonds is 6. The van der Waals surface area contributed by atoms with Crippen LogP contribution in [-0.2, 0) is 4.79 Å². The fourth-order valence-electron chi connectivity index (χ4n) is 3.74. The van der Waals surface area contributed by atoms with Gasteiger partial charge in [-0.15, -0.1) is 0 Å². The van der Waals surface area contributed by atoms with Crippen molar-refractivity contribution in [3.05, 3.63) is 95.5 Å². The number of nitrogens with zero attached hydrogens (tertiary/aromatic N) is 3. The van der Waals surface area contributed by atoms with Gasteiger partial charge in [0.15, 0.2) is 5.84 Å². The summed E-state index contributed by atoms with van der Waals surface area (Å²) in [6.07, 6.45) is 3.80. The summed E-state index contributed by atoms with van der Waals surface area (Å²) in [6, 6.07) is 19.7. The van der Waals surface area contributed by atoms with E-state index in [1.807, 2.05) is 30.3 Å². The maximum absolute atomic E-state index is 12.7. The maximum Gasteiger partial charge on any atom is 0.379 e. The molecule has 1 N–H and O–H groups in total. The molecule has 0 spiro atoms. The van der Waals surface area contributed by atoms with E-state index >= 15 is 0 Å². The summed E-state index contributed by atoms with van der Waals surface area (Å²) in [7, 11) is 0. The lowest BCUT2D eigenvalue weighted by Crippen LogP contribution is -2.35. The lowest BCUT2D eigenvalue weighted by molar-refractivity contribution is -0.114. The Hall–Kier alpha value is -4.24. The van der Waals surface area contributed by atoms with Crippen molar-refractivity contribution in [3.8, 4) is 5.75 Å². The number of thioether (sulfide) groups is 1. The standard InChI is InChI=1S/C26H20N4O4S/c1-2-19(17-7-4-3-5-8-17)24-29-30-22(27)20(23(31)28-26(30)35-24)15-16-10-12-18(13-11-16)34-25(32)21-9-6-14-33-21/h3-15,19,27H,2H2,1H3/b20-15+,27-22?/t19-/m0/s1. The number of amidine groups is 2. The fraction of sp³-hybridized carbons (Fsp3) is 0.115. The van der Waals surface area contributed by atoms with E-state index in [2.05, 4.69) is 17.0 Å². The lowest BCUT2D eigenvalue weighted by atomic mass is 9.98. The number of ether oxygens (including phenoxy) is 1. The second kappa shape index (κ2) is 9.55. The number of furan rings is 1. The van der Waals surface area contributed by atoms with Gasteiger partial charge < -0.3 is 9.15 Å². The predicted molar refractivity (Wildman–Crippen MR) is 135 cm³/mol. The van der Waals surface area contributed by atoms with Crippen LogP contribution in [-0.4, -0.2) is 32.9 Å². The van der Waals surface area contributed by atoms with Gasteiger partial charge in [-0.2, -0.15) is 15.1 Å². The third kappa shape index (κ3) is 4.58. The summed E-state index contributed by atoms with van der Waals surface area (Å²) in [6.45, 7) is 2.08. The quantitative estimate of drug-likeness (QED) is 0.288. The van der Waals surface area contributed by atoms with Crippen molar-refractivity contribution in [2.45, 2.75) is 19.3 Å². The first kappa shape index (κ1) is 22.5. The van der Waals surface area contributed by atoms with Crippen molar-refractivity contribution >= 4 is 45.8 Å². The highest BCUT2D eigenvalue weighted by Gasteiger charge is 2.37. The van der Waals surface area contributed by atoms with Crippen LogP contribution in [0.15, 0.2) is 93.1 Å². The zero-order valence-electron chi connectivity index (χ0n) is 18.7. The number of esters is 1. The van der Waals surface area contributed by atoms with Crippen molar-refractivity contribution < 1.29 is 18.7 Å². The van der Waals surface area contributed by atoms with E-state index in [9.17, 15) is 9.59 Å². The molecule has 0 saturated heterocycles. The third-order valence-corrected chi connectivity index (χ3v) is 6.52. The van der Waals surface area contributed by atoms with Crippen LogP contribution in [0.4, 0.5) is 0 Å². The minimum absolute atomic E-state index is 0.0289. The van der Waals surface area contributed by atoms with Gasteiger partial charge in [-0.05, 0) is 59.7 Å². The molecule has 0 saturated carbocycles. The number of aliphatic imine (C=N–C) groups is 1. The number of nitrogens with one attached hydrogen (secondary N) is 1. The van der Waals surface area contributed by atoms with Gasteiger partial charge in [-0.25, -0.2) is 4.79 Å². The zero-order valence-corrected chi connectivity index (χ0v) is 19.5. The first-order valence-corrected chi connectivity index (χ1v) is 11.8. The van der Waals surface area contributed by atoms with Crippen molar-refractivity contribution in [2.75, 3.05) is 0 Å². The summed E-state index contributed by atoms with van der Waals surface area (Å²) in [5, 5.41) is 15.9. The van der Waals surface area contributed by atoms with Crippen LogP contribution in [0.1, 0.15) is 40.9 Å². The minimum Gasteiger partial charge on any atom is -0.457 e. The van der Waals surface area contributed by atoms with E-state index in [1.54, 1.807) is 36.4 Å². The molecule has 3 heterocycles. The summed E-state index contributed by atoms with van der Waals surface area (Å²) in [5.74, 6) is -0.637. The topological polar surface area (TPSA) is 108 Å². The molecule has 1 aromatic heterocycles. The Morgan fingerprint density at radius 3 is 2.60 bits per heavy atom. The smallest absolute Gasteiger partial charge is 0.379 e. The lowest BCUT2D eigenvalue weighted by Gasteiger charge is -2.20. The first-order valence-electron chi connectivity index (χ1n) is 10.9. The Balaban J connectivity index is 1.35. The van der Waals surface area contributed by atoms with Crippen LogP contribution in [0, 0.1) is 5.41 Å². The molecule has 0 bridgehead atoms. The molecule has 2 aromatic carbocycles. The van der Waals surface area contributed by atoms with Crippen LogP contribution in [0.25, 0.3) is 6.08 Å². The van der Waals surface area contributed by atoms with Crippen LogP contribution >= 0.6 is 11.8 Å². The second-order valence-electron chi connectivity index (χ2n) is 7.77. The predicted octanol–water partition coefficient (Wildman–Crippen LogP) is 5.31. The normalized spacial score (nSPS) is 17.2. The molecule has 0 aliphatic carbocycles. The first-order chi connectivity index (χ1) is 17.0. The second-order valence-corrected chi connectivity index (χ2v) is 8.75. The van der Waals surface area contributed by atoms with E-state index in [0.717, 1.165) is 17.0 Å². The number of amides is 1. The monoisotopic (exact) mass is 484 g/mol. The summed E-state index contributed by atoms with van der Waals surface area (Å²) in [4.78, 5) is 28.9. The van der Waals surface area contributed by atoms with E-state index in [-0.39, 0.29) is 23.1 Å². The van der Waals surface area contributed by atoms with Gasteiger partial charge in [0, 0.05) is 5.92 Å². The number of fused-ring (bicyclic) bond motifs is 1. The Morgan fingerprint density at radius 2 is 1.91 bits per heavy atom. The van der Waals surface area contributed by atoms with Crippen LogP contribution in [0.5, 0.6) is 5.75 Å². The molecular weight excluding hydrogens is 464 g/mol. The Bertz CT molecular complexity index is 1380. The van der Waals surface area contributed by atoms with E-state index in [1.165, 1.54) is 29.1 Å². The Kier molecular flexibility index (Phi) is 6.15. The molecule has 3 aromatic rings. The molecular formula is C26H20N4O4S. The van der Waals surface area contributed by atoms with Crippen molar-refractivity contribution in [2.24, 2.45) is 10.1 Å². The van der Waals surface area contributed by atoms with Gasteiger partial charge in [0.05, 0.1) is 11.8 Å². The fourth-order valence-corrected chi connectivity index (χ4v) is 4.84. The Labute approximate surface area is 205 Å². The molecule has 0 fully saturated rings. The van der Waals surface area contributed by atoms with Crippen LogP contribution in [0.2, 0.25) is 0 Å². The van der Waals surface area contributed by atoms with Crippen LogP contribution in [0.3, 0.4) is 0 Å². The molecule has 174 valence electrons. The third-order valence-electron chi connectivity index (χ3n) is 5.50. The van der Waals surface area contributed by atoms with Gasteiger partial charge in [0.1, 0.15) is 10.8 Å². The van der Waals surface area contributed by atoms with E-state index < -0.39 is 11.9 Å². The number of benzene rings is 2. The molecule has 9 heteroatoms. The molecule has 35 heavy (non-hydrogen) atoms. The largest absolute Gasteiger partial charge is 0.457 e. The molecule has 1 atom stereocenters. The van der Waals surface area contributed by atoms with Crippen LogP contribution < -0.4 is 4.74 Å². The van der Waals surface area contributed by atoms with Gasteiger partial charge in [0.25, 0.3) is 5.91 Å². The number of hydrogen-bond donors (Lipinski definition) is 1. The number of hydrazone groups is 1. The minimum atomic E-state index is -0.603. The van der Waals surface area contributed by atoms with Gasteiger partial charge >= 0.3 is 5.97 Å². The molecule has 2 aliphatic rings. The van der Waals surface area contributed by atoms with E-state index in [0.29, 0.717) is 16.5 Å². The maximum atomic E-state index is 12.7. The highest BCUT2D eigenvalue weighted by Crippen LogP contribution is 2.36. The summed E-state index contributed by atoms with van der Waals surface area (Å²) < 4.78 is 10.3. The van der Waals surface area contributed by atoms with Gasteiger partial charge in [-0.3, -0.25) is 10.2 Å². The van der Waals surface area contributed by atoms with Crippen molar-refractivity contribution in [1.82, 2.24) is 5.01 Å². The molecule has 5 rings (SSSR count). The highest BCUT2D eigenvalue weighted by atomic mass is 32.2. The molecule has 8 nitrogen and oxygen atoms in total. The molecule has 0 unspecified atom stereocenters. The highest BCUT2D eigenvalue weighted by molar-refractivity contribution is 8.27. The average Bonchev–Trinajstić information content (AvgIpc) is 3.55. The van der Waals surface area contributed by atoms with Crippen molar-refractivity contribution in [1.29, 1.82) is 5.41 Å². The SMILES string of the molecule is CC[C@H](C1=NN2C(=N)/C(=C\c3ccc(OC(=O)c4ccco4)cc3)C(=O)N=C2S1)c1ccccc1. The molecule has 1 amide bonds. The molecule has 0 radical (unpaired) electrons. The van der Waals surface area contributed by atoms with Crippen molar-refractivity contribution in [3.63, 3.8) is 0 Å². The number of carbonyl (C=O) groups is 2. The zero-order chi connectivity index (χ0) is 24.4. The van der Waals surface area contributed by atoms with E-state index in [4.69, 9.17) is 14.6 Å². The molecule has 2 aliphatic heterocycles. The summed E-state index contributed by atoms with van der Waals surface area (Å²) >= 11 is 1.33. The van der Waals surface area contributed by atoms with Gasteiger partial charge in [-0.1, -0.05) is 49.4 Å². The number of hydrogen-bond acceptors (Lipinski definition) is 7. The van der Waals surface area contributed by atoms with Gasteiger partial charge in [0.2, 0.25) is 10.9 Å².